The summed E-state index contributed by atoms with van der Waals surface area (Å²) in [5, 5.41) is 20.4. The van der Waals surface area contributed by atoms with Crippen LogP contribution in [0.2, 0.25) is 0 Å². The minimum Gasteiger partial charge on any atom is -0.368 e. The van der Waals surface area contributed by atoms with Crippen LogP contribution in [0.15, 0.2) is 73.3 Å². The number of nitrogens with one attached hydrogen (secondary N) is 2. The number of benzene rings is 2. The summed E-state index contributed by atoms with van der Waals surface area (Å²) in [7, 11) is 0. The van der Waals surface area contributed by atoms with Crippen molar-refractivity contribution < 1.29 is 4.79 Å². The van der Waals surface area contributed by atoms with Gasteiger partial charge in [0.1, 0.15) is 0 Å². The second-order valence-electron chi connectivity index (χ2n) is 10.1. The van der Waals surface area contributed by atoms with Crippen LogP contribution in [0.1, 0.15) is 35.3 Å². The van der Waals surface area contributed by atoms with Gasteiger partial charge in [0.15, 0.2) is 0 Å². The van der Waals surface area contributed by atoms with Crippen LogP contribution in [0.25, 0.3) is 16.8 Å². The molecule has 0 aliphatic carbocycles. The van der Waals surface area contributed by atoms with Crippen molar-refractivity contribution in [2.24, 2.45) is 0 Å². The summed E-state index contributed by atoms with van der Waals surface area (Å²) in [5.41, 5.74) is 6.30. The van der Waals surface area contributed by atoms with Crippen LogP contribution in [0.5, 0.6) is 0 Å². The molecule has 2 aromatic heterocycles. The monoisotopic (exact) mass is 505 g/mol. The third kappa shape index (κ3) is 5.29. The van der Waals surface area contributed by atoms with E-state index in [1.165, 1.54) is 0 Å². The summed E-state index contributed by atoms with van der Waals surface area (Å²) in [4.78, 5) is 19.8. The zero-order valence-corrected chi connectivity index (χ0v) is 21.9. The van der Waals surface area contributed by atoms with Crippen LogP contribution in [0.3, 0.4) is 0 Å². The van der Waals surface area contributed by atoms with E-state index in [0.717, 1.165) is 59.8 Å². The lowest BCUT2D eigenvalue weighted by Gasteiger charge is -2.29. The first-order chi connectivity index (χ1) is 18.3. The number of anilines is 2. The van der Waals surface area contributed by atoms with E-state index in [2.05, 4.69) is 37.8 Å². The third-order valence-electron chi connectivity index (χ3n) is 6.96. The molecule has 0 bridgehead atoms. The molecule has 2 N–H and O–H groups in total. The zero-order chi connectivity index (χ0) is 26.7. The first-order valence-electron chi connectivity index (χ1n) is 12.7. The number of hydrogen-bond donors (Lipinski definition) is 2. The highest BCUT2D eigenvalue weighted by Crippen LogP contribution is 2.27. The molecule has 8 nitrogen and oxygen atoms in total. The summed E-state index contributed by atoms with van der Waals surface area (Å²) in [5.74, 6) is -0.229. The van der Waals surface area contributed by atoms with Crippen LogP contribution in [-0.2, 0) is 5.41 Å². The predicted molar refractivity (Wildman–Crippen MR) is 150 cm³/mol. The van der Waals surface area contributed by atoms with E-state index in [4.69, 9.17) is 0 Å². The Labute approximate surface area is 222 Å². The largest absolute Gasteiger partial charge is 0.368 e. The Morgan fingerprint density at radius 1 is 1.05 bits per heavy atom. The highest BCUT2D eigenvalue weighted by molar-refractivity contribution is 6.04. The van der Waals surface area contributed by atoms with E-state index in [-0.39, 0.29) is 5.91 Å². The highest BCUT2D eigenvalue weighted by Gasteiger charge is 2.21. The molecule has 0 unspecified atom stereocenters. The van der Waals surface area contributed by atoms with Gasteiger partial charge in [-0.1, -0.05) is 18.2 Å². The molecule has 38 heavy (non-hydrogen) atoms. The van der Waals surface area contributed by atoms with Crippen LogP contribution in [0, 0.1) is 18.3 Å². The second-order valence-corrected chi connectivity index (χ2v) is 10.1. The topological polar surface area (TPSA) is 98.9 Å². The summed E-state index contributed by atoms with van der Waals surface area (Å²) in [6.45, 7) is 9.56. The molecule has 8 heteroatoms. The van der Waals surface area contributed by atoms with Gasteiger partial charge in [0.05, 0.1) is 35.3 Å². The predicted octanol–water partition coefficient (Wildman–Crippen LogP) is 4.71. The van der Waals surface area contributed by atoms with Crippen molar-refractivity contribution in [3.05, 3.63) is 90.0 Å². The molecule has 0 spiro atoms. The molecule has 0 saturated carbocycles. The van der Waals surface area contributed by atoms with Crippen molar-refractivity contribution in [2.75, 3.05) is 36.4 Å². The lowest BCUT2D eigenvalue weighted by atomic mass is 9.85. The van der Waals surface area contributed by atoms with Gasteiger partial charge in [0.25, 0.3) is 5.91 Å². The van der Waals surface area contributed by atoms with Crippen LogP contribution in [0.4, 0.5) is 11.4 Å². The number of aryl methyl sites for hydroxylation is 1. The first kappa shape index (κ1) is 25.2. The normalized spacial score (nSPS) is 13.7. The van der Waals surface area contributed by atoms with E-state index < -0.39 is 5.41 Å². The smallest absolute Gasteiger partial charge is 0.255 e. The quantitative estimate of drug-likeness (QED) is 0.394. The minimum absolute atomic E-state index is 0.229. The second kappa shape index (κ2) is 10.5. The molecule has 3 heterocycles. The number of aromatic nitrogens is 3. The molecule has 4 aromatic rings. The zero-order valence-electron chi connectivity index (χ0n) is 21.9. The lowest BCUT2D eigenvalue weighted by molar-refractivity contribution is 0.102. The molecule has 192 valence electrons. The van der Waals surface area contributed by atoms with E-state index in [1.807, 2.05) is 74.5 Å². The van der Waals surface area contributed by atoms with Crippen molar-refractivity contribution in [3.63, 3.8) is 0 Å². The maximum atomic E-state index is 13.0. The van der Waals surface area contributed by atoms with E-state index in [9.17, 15) is 10.1 Å². The average Bonchev–Trinajstić information content (AvgIpc) is 3.45. The fourth-order valence-corrected chi connectivity index (χ4v) is 4.54. The summed E-state index contributed by atoms with van der Waals surface area (Å²) in [6.07, 6.45) is 7.59. The number of nitriles is 1. The van der Waals surface area contributed by atoms with Gasteiger partial charge in [-0.05, 0) is 62.2 Å². The summed E-state index contributed by atoms with van der Waals surface area (Å²) >= 11 is 0. The van der Waals surface area contributed by atoms with Gasteiger partial charge in [0.2, 0.25) is 0 Å². The van der Waals surface area contributed by atoms with Crippen LogP contribution in [-0.4, -0.2) is 46.9 Å². The number of piperazine rings is 1. The molecule has 5 rings (SSSR count). The van der Waals surface area contributed by atoms with Crippen molar-refractivity contribution >= 4 is 17.3 Å². The maximum Gasteiger partial charge on any atom is 0.255 e. The number of carbonyl (C=O) groups excluding carboxylic acids is 1. The molecule has 1 amide bonds. The summed E-state index contributed by atoms with van der Waals surface area (Å²) < 4.78 is 1.83. The lowest BCUT2D eigenvalue weighted by Crippen LogP contribution is -2.43. The molecule has 1 fully saturated rings. The first-order valence-corrected chi connectivity index (χ1v) is 12.7. The van der Waals surface area contributed by atoms with Gasteiger partial charge in [-0.2, -0.15) is 10.4 Å². The Balaban J connectivity index is 1.37. The molecule has 1 saturated heterocycles. The van der Waals surface area contributed by atoms with E-state index in [0.29, 0.717) is 11.3 Å². The Bertz CT molecular complexity index is 1510. The number of pyridine rings is 1. The number of carbonyl (C=O) groups is 1. The number of rotatable bonds is 6. The molecular weight excluding hydrogens is 474 g/mol. The van der Waals surface area contributed by atoms with Crippen molar-refractivity contribution in [1.29, 1.82) is 5.26 Å². The molecule has 1 aliphatic rings. The SMILES string of the molecule is Cc1ccc(NC(=O)c2cccc(C(C)(C)C#N)c2)cc1-n1cc(-c2cncc(N3CCNCC3)c2)cn1. The van der Waals surface area contributed by atoms with E-state index >= 15 is 0 Å². The molecule has 2 aromatic carbocycles. The van der Waals surface area contributed by atoms with Gasteiger partial charge in [0, 0.05) is 61.0 Å². The van der Waals surface area contributed by atoms with Crippen LogP contribution < -0.4 is 15.5 Å². The average molecular weight is 506 g/mol. The highest BCUT2D eigenvalue weighted by atomic mass is 16.1. The molecule has 1 aliphatic heterocycles. The Kier molecular flexibility index (Phi) is 6.95. The van der Waals surface area contributed by atoms with Crippen molar-refractivity contribution in [3.8, 4) is 22.9 Å². The van der Waals surface area contributed by atoms with Gasteiger partial charge in [-0.3, -0.25) is 9.78 Å². The van der Waals surface area contributed by atoms with Gasteiger partial charge >= 0.3 is 0 Å². The van der Waals surface area contributed by atoms with Gasteiger partial charge < -0.3 is 15.5 Å². The fraction of sp³-hybridized carbons (Fsp3) is 0.267. The Morgan fingerprint density at radius 3 is 2.66 bits per heavy atom. The Morgan fingerprint density at radius 2 is 1.87 bits per heavy atom. The number of hydrogen-bond acceptors (Lipinski definition) is 6. The molecule has 0 radical (unpaired) electrons. The van der Waals surface area contributed by atoms with Crippen molar-refractivity contribution in [2.45, 2.75) is 26.2 Å². The van der Waals surface area contributed by atoms with E-state index in [1.54, 1.807) is 18.2 Å². The van der Waals surface area contributed by atoms with Crippen LogP contribution >= 0.6 is 0 Å². The fourth-order valence-electron chi connectivity index (χ4n) is 4.54. The van der Waals surface area contributed by atoms with Gasteiger partial charge in [-0.25, -0.2) is 4.68 Å². The van der Waals surface area contributed by atoms with Gasteiger partial charge in [-0.15, -0.1) is 0 Å². The maximum absolute atomic E-state index is 13.0. The third-order valence-corrected chi connectivity index (χ3v) is 6.96. The number of amides is 1. The van der Waals surface area contributed by atoms with Crippen molar-refractivity contribution in [1.82, 2.24) is 20.1 Å². The minimum atomic E-state index is -0.675. The molecular formula is C30H31N7O. The molecule has 0 atom stereocenters. The standard InChI is InChI=1S/C30H31N7O/c1-21-7-8-26(35-29(38)22-5-4-6-25(13-22)30(2,3)20-31)15-28(21)37-19-24(17-34-37)23-14-27(18-33-16-23)36-11-9-32-10-12-36/h4-8,13-19,32H,9-12H2,1-3H3,(H,35,38). The Hall–Kier alpha value is -4.48. The number of nitrogens with zero attached hydrogens (tertiary/aromatic N) is 5. The summed E-state index contributed by atoms with van der Waals surface area (Å²) in [6, 6.07) is 17.4.